The number of carbonyl (C=O) groups is 2. The van der Waals surface area contributed by atoms with Crippen molar-refractivity contribution < 1.29 is 14.3 Å². The number of nitrogens with one attached hydrogen (secondary N) is 1. The summed E-state index contributed by atoms with van der Waals surface area (Å²) in [6.45, 7) is 5.73. The first kappa shape index (κ1) is 21.4. The third-order valence-electron chi connectivity index (χ3n) is 5.72. The van der Waals surface area contributed by atoms with Crippen LogP contribution in [-0.2, 0) is 0 Å². The first-order valence-electron chi connectivity index (χ1n) is 10.6. The number of hydrogen-bond acceptors (Lipinski definition) is 4. The van der Waals surface area contributed by atoms with Crippen molar-refractivity contribution in [1.29, 1.82) is 0 Å². The minimum absolute atomic E-state index is 0.0384. The van der Waals surface area contributed by atoms with Crippen LogP contribution in [0.1, 0.15) is 21.7 Å². The number of methoxy groups -OCH3 is 1. The second kappa shape index (κ2) is 9.13. The van der Waals surface area contributed by atoms with Crippen LogP contribution >= 0.6 is 0 Å². The van der Waals surface area contributed by atoms with Gasteiger partial charge in [0.05, 0.1) is 29.9 Å². The molecule has 8 nitrogen and oxygen atoms in total. The van der Waals surface area contributed by atoms with E-state index in [1.165, 1.54) is 0 Å². The van der Waals surface area contributed by atoms with Crippen LogP contribution in [-0.4, -0.2) is 64.8 Å². The molecule has 0 saturated carbocycles. The van der Waals surface area contributed by atoms with Crippen molar-refractivity contribution >= 4 is 17.6 Å². The van der Waals surface area contributed by atoms with Gasteiger partial charge in [0.15, 0.2) is 0 Å². The van der Waals surface area contributed by atoms with Gasteiger partial charge in [-0.15, -0.1) is 0 Å². The van der Waals surface area contributed by atoms with Gasteiger partial charge in [-0.25, -0.2) is 9.48 Å². The van der Waals surface area contributed by atoms with Crippen molar-refractivity contribution in [1.82, 2.24) is 19.6 Å². The first-order valence-corrected chi connectivity index (χ1v) is 10.6. The highest BCUT2D eigenvalue weighted by Gasteiger charge is 2.26. The van der Waals surface area contributed by atoms with Crippen LogP contribution in [0.2, 0.25) is 0 Å². The molecule has 0 bridgehead atoms. The molecule has 1 aliphatic rings. The summed E-state index contributed by atoms with van der Waals surface area (Å²) in [5, 5.41) is 7.59. The van der Waals surface area contributed by atoms with Crippen LogP contribution in [0.5, 0.6) is 5.75 Å². The zero-order chi connectivity index (χ0) is 22.7. The largest absolute Gasteiger partial charge is 0.497 e. The first-order chi connectivity index (χ1) is 15.5. The number of para-hydroxylation sites is 1. The Morgan fingerprint density at radius 1 is 0.906 bits per heavy atom. The molecule has 1 saturated heterocycles. The third-order valence-corrected chi connectivity index (χ3v) is 5.72. The Hall–Kier alpha value is -3.81. The van der Waals surface area contributed by atoms with Crippen LogP contribution in [0.4, 0.5) is 10.5 Å². The van der Waals surface area contributed by atoms with Crippen LogP contribution < -0.4 is 10.1 Å². The Morgan fingerprint density at radius 2 is 1.53 bits per heavy atom. The smallest absolute Gasteiger partial charge is 0.322 e. The highest BCUT2D eigenvalue weighted by molar-refractivity contribution is 5.95. The number of anilines is 1. The molecule has 4 rings (SSSR count). The minimum Gasteiger partial charge on any atom is -0.497 e. The van der Waals surface area contributed by atoms with E-state index < -0.39 is 0 Å². The number of urea groups is 1. The van der Waals surface area contributed by atoms with Crippen molar-refractivity contribution in [3.05, 3.63) is 71.5 Å². The Morgan fingerprint density at radius 3 is 2.16 bits per heavy atom. The van der Waals surface area contributed by atoms with E-state index in [1.54, 1.807) is 41.2 Å². The van der Waals surface area contributed by atoms with Crippen LogP contribution in [0.3, 0.4) is 0 Å². The average molecular weight is 434 g/mol. The molecule has 0 unspecified atom stereocenters. The number of carbonyl (C=O) groups excluding carboxylic acids is 2. The fourth-order valence-corrected chi connectivity index (χ4v) is 3.86. The van der Waals surface area contributed by atoms with Gasteiger partial charge in [0.25, 0.3) is 5.91 Å². The van der Waals surface area contributed by atoms with Gasteiger partial charge >= 0.3 is 6.03 Å². The second-order valence-corrected chi connectivity index (χ2v) is 7.73. The highest BCUT2D eigenvalue weighted by atomic mass is 16.5. The number of benzene rings is 2. The molecule has 2 aromatic carbocycles. The summed E-state index contributed by atoms with van der Waals surface area (Å²) in [5.41, 5.74) is 3.90. The predicted molar refractivity (Wildman–Crippen MR) is 123 cm³/mol. The third kappa shape index (κ3) is 4.30. The maximum atomic E-state index is 12.9. The lowest BCUT2D eigenvalue weighted by molar-refractivity contribution is 0.0671. The van der Waals surface area contributed by atoms with E-state index in [-0.39, 0.29) is 11.9 Å². The number of amides is 3. The molecule has 0 radical (unpaired) electrons. The second-order valence-electron chi connectivity index (χ2n) is 7.73. The van der Waals surface area contributed by atoms with E-state index in [0.29, 0.717) is 37.5 Å². The van der Waals surface area contributed by atoms with Crippen LogP contribution in [0.15, 0.2) is 54.6 Å². The average Bonchev–Trinajstić information content (AvgIpc) is 3.12. The molecular formula is C24H27N5O3. The van der Waals surface area contributed by atoms with Crippen LogP contribution in [0, 0.1) is 13.8 Å². The topological polar surface area (TPSA) is 79.7 Å². The van der Waals surface area contributed by atoms with Gasteiger partial charge in [0.1, 0.15) is 5.75 Å². The van der Waals surface area contributed by atoms with Gasteiger partial charge in [0.2, 0.25) is 0 Å². The molecule has 1 fully saturated rings. The lowest BCUT2D eigenvalue weighted by atomic mass is 10.1. The normalized spacial score (nSPS) is 13.7. The maximum absolute atomic E-state index is 12.9. The maximum Gasteiger partial charge on any atom is 0.322 e. The molecular weight excluding hydrogens is 406 g/mol. The summed E-state index contributed by atoms with van der Waals surface area (Å²) in [6.07, 6.45) is 0. The molecule has 3 aromatic rings. The molecule has 0 spiro atoms. The van der Waals surface area contributed by atoms with Crippen molar-refractivity contribution in [3.63, 3.8) is 0 Å². The molecule has 1 aromatic heterocycles. The Bertz CT molecular complexity index is 1100. The fraction of sp³-hybridized carbons (Fsp3) is 0.292. The van der Waals surface area contributed by atoms with Crippen molar-refractivity contribution in [3.8, 4) is 11.4 Å². The number of hydrogen-bond donors (Lipinski definition) is 1. The van der Waals surface area contributed by atoms with E-state index in [9.17, 15) is 9.59 Å². The van der Waals surface area contributed by atoms with Crippen molar-refractivity contribution in [2.24, 2.45) is 0 Å². The lowest BCUT2D eigenvalue weighted by Gasteiger charge is -2.34. The number of ether oxygens (including phenoxy) is 1. The summed E-state index contributed by atoms with van der Waals surface area (Å²) in [6, 6.07) is 16.7. The summed E-state index contributed by atoms with van der Waals surface area (Å²) in [4.78, 5) is 29.1. The molecule has 8 heteroatoms. The van der Waals surface area contributed by atoms with E-state index in [1.807, 2.05) is 48.9 Å². The van der Waals surface area contributed by atoms with E-state index in [2.05, 4.69) is 10.4 Å². The van der Waals surface area contributed by atoms with E-state index in [4.69, 9.17) is 4.74 Å². The Kier molecular flexibility index (Phi) is 6.11. The number of aryl methyl sites for hydroxylation is 1. The number of piperazine rings is 1. The van der Waals surface area contributed by atoms with Crippen molar-refractivity contribution in [2.75, 3.05) is 38.6 Å². The quantitative estimate of drug-likeness (QED) is 0.683. The Balaban J connectivity index is 1.38. The van der Waals surface area contributed by atoms with Gasteiger partial charge < -0.3 is 19.9 Å². The lowest BCUT2D eigenvalue weighted by Crippen LogP contribution is -2.51. The molecule has 0 atom stereocenters. The highest BCUT2D eigenvalue weighted by Crippen LogP contribution is 2.23. The zero-order valence-electron chi connectivity index (χ0n) is 18.5. The molecule has 2 heterocycles. The standard InChI is InChI=1S/C24H27N5O3/c1-17-22(18(2)29(26-17)20-7-5-4-6-8-20)25-24(31)28-15-13-27(14-16-28)23(30)19-9-11-21(32-3)12-10-19/h4-12H,13-16H2,1-3H3,(H,25,31). The fourth-order valence-electron chi connectivity index (χ4n) is 3.86. The van der Waals surface area contributed by atoms with Gasteiger partial charge in [-0.1, -0.05) is 18.2 Å². The molecule has 166 valence electrons. The van der Waals surface area contributed by atoms with Gasteiger partial charge in [-0.3, -0.25) is 4.79 Å². The SMILES string of the molecule is COc1ccc(C(=O)N2CCN(C(=O)Nc3c(C)nn(-c4ccccc4)c3C)CC2)cc1. The zero-order valence-corrected chi connectivity index (χ0v) is 18.5. The number of nitrogens with zero attached hydrogens (tertiary/aromatic N) is 4. The minimum atomic E-state index is -0.180. The van der Waals surface area contributed by atoms with Gasteiger partial charge in [-0.05, 0) is 50.2 Å². The molecule has 1 aliphatic heterocycles. The summed E-state index contributed by atoms with van der Waals surface area (Å²) >= 11 is 0. The van der Waals surface area contributed by atoms with E-state index >= 15 is 0 Å². The molecule has 1 N–H and O–H groups in total. The molecule has 32 heavy (non-hydrogen) atoms. The monoisotopic (exact) mass is 433 g/mol. The van der Waals surface area contributed by atoms with Crippen LogP contribution in [0.25, 0.3) is 5.69 Å². The Labute approximate surface area is 187 Å². The van der Waals surface area contributed by atoms with Gasteiger partial charge in [-0.2, -0.15) is 5.10 Å². The summed E-state index contributed by atoms with van der Waals surface area (Å²) in [7, 11) is 1.59. The molecule has 3 amide bonds. The summed E-state index contributed by atoms with van der Waals surface area (Å²) < 4.78 is 6.97. The molecule has 0 aliphatic carbocycles. The number of aromatic nitrogens is 2. The van der Waals surface area contributed by atoms with Gasteiger partial charge in [0, 0.05) is 31.7 Å². The van der Waals surface area contributed by atoms with Crippen molar-refractivity contribution in [2.45, 2.75) is 13.8 Å². The predicted octanol–water partition coefficient (Wildman–Crippen LogP) is 3.49. The number of rotatable bonds is 4. The summed E-state index contributed by atoms with van der Waals surface area (Å²) in [5.74, 6) is 0.674. The van der Waals surface area contributed by atoms with E-state index in [0.717, 1.165) is 22.8 Å².